The summed E-state index contributed by atoms with van der Waals surface area (Å²) in [5.41, 5.74) is 0. The Kier molecular flexibility index (Phi) is 15.2. The van der Waals surface area contributed by atoms with Crippen LogP contribution in [0.3, 0.4) is 0 Å². The molecule has 0 atom stereocenters. The van der Waals surface area contributed by atoms with E-state index >= 15 is 0 Å². The van der Waals surface area contributed by atoms with E-state index in [4.69, 9.17) is 0 Å². The standard InChI is InChI=1S/C12H27BrP.Pd/c1-4-7-10-14(13,11-8-5-2)12-9-6-3;/h4-12H2,1-3H3;/q+1;. The molecule has 0 rings (SSSR count). The van der Waals surface area contributed by atoms with Crippen LogP contribution in [0.15, 0.2) is 0 Å². The summed E-state index contributed by atoms with van der Waals surface area (Å²) >= 11 is 4.10. The second-order valence-corrected chi connectivity index (χ2v) is 12.2. The van der Waals surface area contributed by atoms with Crippen molar-refractivity contribution in [2.75, 3.05) is 18.5 Å². The van der Waals surface area contributed by atoms with Gasteiger partial charge in [-0.25, -0.2) is 0 Å². The topological polar surface area (TPSA) is 0 Å². The number of rotatable bonds is 9. The third-order valence-corrected chi connectivity index (χ3v) is 9.28. The second-order valence-electron chi connectivity index (χ2n) is 4.26. The van der Waals surface area contributed by atoms with E-state index in [-0.39, 0.29) is 20.4 Å². The first kappa shape index (κ1) is 18.9. The third kappa shape index (κ3) is 10.4. The predicted octanol–water partition coefficient (Wildman–Crippen LogP) is 5.71. The van der Waals surface area contributed by atoms with Gasteiger partial charge >= 0.3 is 0 Å². The molecule has 96 valence electrons. The van der Waals surface area contributed by atoms with Crippen molar-refractivity contribution < 1.29 is 20.4 Å². The van der Waals surface area contributed by atoms with Gasteiger partial charge in [0.2, 0.25) is 0 Å². The summed E-state index contributed by atoms with van der Waals surface area (Å²) in [5.74, 6) is -0.706. The summed E-state index contributed by atoms with van der Waals surface area (Å²) in [4.78, 5) is 0. The number of halogens is 1. The molecule has 0 bridgehead atoms. The van der Waals surface area contributed by atoms with E-state index in [0.717, 1.165) is 0 Å². The Balaban J connectivity index is 0. The molecule has 0 nitrogen and oxygen atoms in total. The number of hydrogen-bond acceptors (Lipinski definition) is 0. The second kappa shape index (κ2) is 12.0. The molecule has 0 aromatic heterocycles. The molecular weight excluding hydrogens is 361 g/mol. The minimum Gasteiger partial charge on any atom is -0.0652 e. The van der Waals surface area contributed by atoms with Crippen LogP contribution >= 0.6 is 21.5 Å². The van der Waals surface area contributed by atoms with Crippen molar-refractivity contribution in [2.45, 2.75) is 59.3 Å². The van der Waals surface area contributed by atoms with Crippen LogP contribution in [0.5, 0.6) is 0 Å². The first-order valence-corrected chi connectivity index (χ1v) is 10.6. The van der Waals surface area contributed by atoms with Gasteiger partial charge in [-0.15, -0.1) is 0 Å². The van der Waals surface area contributed by atoms with Crippen LogP contribution in [0.4, 0.5) is 0 Å². The molecule has 0 aliphatic rings. The van der Waals surface area contributed by atoms with Crippen molar-refractivity contribution >= 4 is 21.5 Å². The van der Waals surface area contributed by atoms with Gasteiger partial charge in [0.15, 0.2) is 0 Å². The quantitative estimate of drug-likeness (QED) is 0.350. The molecule has 0 radical (unpaired) electrons. The molecule has 0 unspecified atom stereocenters. The van der Waals surface area contributed by atoms with E-state index in [1.807, 2.05) is 0 Å². The van der Waals surface area contributed by atoms with E-state index in [0.29, 0.717) is 0 Å². The molecule has 3 heteroatoms. The average Bonchev–Trinajstić information content (AvgIpc) is 2.21. The summed E-state index contributed by atoms with van der Waals surface area (Å²) in [6, 6.07) is 0. The molecule has 15 heavy (non-hydrogen) atoms. The van der Waals surface area contributed by atoms with Crippen LogP contribution in [0, 0.1) is 0 Å². The van der Waals surface area contributed by atoms with Crippen molar-refractivity contribution in [1.29, 1.82) is 0 Å². The first-order chi connectivity index (χ1) is 6.68. The number of unbranched alkanes of at least 4 members (excludes halogenated alkanes) is 3. The normalized spacial score (nSPS) is 11.2. The molecule has 0 heterocycles. The smallest absolute Gasteiger partial charge is 0.0652 e. The van der Waals surface area contributed by atoms with Gasteiger partial charge in [0.1, 0.15) is 15.5 Å². The average molecular weight is 389 g/mol. The number of hydrogen-bond donors (Lipinski definition) is 0. The maximum absolute atomic E-state index is 4.10. The van der Waals surface area contributed by atoms with Crippen molar-refractivity contribution in [3.8, 4) is 0 Å². The molecule has 0 N–H and O–H groups in total. The van der Waals surface area contributed by atoms with E-state index in [1.165, 1.54) is 57.0 Å². The molecule has 0 spiro atoms. The van der Waals surface area contributed by atoms with Gasteiger partial charge in [0.25, 0.3) is 0 Å². The van der Waals surface area contributed by atoms with Crippen LogP contribution in [-0.4, -0.2) is 18.5 Å². The predicted molar refractivity (Wildman–Crippen MR) is 75.2 cm³/mol. The zero-order valence-electron chi connectivity index (χ0n) is 10.5. The Morgan fingerprint density at radius 2 is 1.00 bits per heavy atom. The summed E-state index contributed by atoms with van der Waals surface area (Å²) in [6.45, 7) is 6.91. The van der Waals surface area contributed by atoms with Crippen LogP contribution in [-0.2, 0) is 20.4 Å². The Labute approximate surface area is 119 Å². The molecule has 0 aliphatic carbocycles. The van der Waals surface area contributed by atoms with Gasteiger partial charge in [-0.2, -0.15) is 0 Å². The maximum atomic E-state index is 4.10. The van der Waals surface area contributed by atoms with Crippen molar-refractivity contribution in [1.82, 2.24) is 0 Å². The van der Waals surface area contributed by atoms with E-state index < -0.39 is 5.96 Å². The monoisotopic (exact) mass is 387 g/mol. The van der Waals surface area contributed by atoms with Crippen molar-refractivity contribution in [2.24, 2.45) is 0 Å². The van der Waals surface area contributed by atoms with Crippen LogP contribution in [0.1, 0.15) is 59.3 Å². The van der Waals surface area contributed by atoms with Gasteiger partial charge in [-0.1, -0.05) is 40.0 Å². The molecule has 0 fully saturated rings. The Bertz CT molecular complexity index is 109. The van der Waals surface area contributed by atoms with Crippen molar-refractivity contribution in [3.63, 3.8) is 0 Å². The van der Waals surface area contributed by atoms with E-state index in [2.05, 4.69) is 36.3 Å². The zero-order chi connectivity index (χ0) is 10.9. The summed E-state index contributed by atoms with van der Waals surface area (Å²) in [5, 5.41) is 0. The van der Waals surface area contributed by atoms with Crippen LogP contribution in [0.25, 0.3) is 0 Å². The van der Waals surface area contributed by atoms with Gasteiger partial charge in [-0.05, 0) is 19.3 Å². The fourth-order valence-corrected chi connectivity index (χ4v) is 7.24. The largest absolute Gasteiger partial charge is 0.138 e. The molecule has 0 aliphatic heterocycles. The fourth-order valence-electron chi connectivity index (χ4n) is 1.66. The molecular formula is C12H27BrPPd+. The molecule has 0 aromatic carbocycles. The maximum Gasteiger partial charge on any atom is 0.138 e. The minimum atomic E-state index is -0.706. The van der Waals surface area contributed by atoms with Gasteiger partial charge < -0.3 is 0 Å². The summed E-state index contributed by atoms with van der Waals surface area (Å²) in [6.07, 6.45) is 12.8. The minimum absolute atomic E-state index is 0. The Morgan fingerprint density at radius 3 is 1.20 bits per heavy atom. The first-order valence-electron chi connectivity index (χ1n) is 6.24. The van der Waals surface area contributed by atoms with Gasteiger partial charge in [0.05, 0.1) is 24.5 Å². The third-order valence-electron chi connectivity index (χ3n) is 2.74. The molecule has 0 saturated carbocycles. The molecule has 0 aromatic rings. The molecule has 0 amide bonds. The zero-order valence-corrected chi connectivity index (χ0v) is 14.5. The summed E-state index contributed by atoms with van der Waals surface area (Å²) in [7, 11) is 0. The van der Waals surface area contributed by atoms with Crippen LogP contribution < -0.4 is 0 Å². The summed E-state index contributed by atoms with van der Waals surface area (Å²) < 4.78 is 0. The van der Waals surface area contributed by atoms with E-state index in [1.54, 1.807) is 0 Å². The van der Waals surface area contributed by atoms with Gasteiger partial charge in [0, 0.05) is 20.4 Å². The fraction of sp³-hybridized carbons (Fsp3) is 1.00. The van der Waals surface area contributed by atoms with Crippen molar-refractivity contribution in [3.05, 3.63) is 0 Å². The Morgan fingerprint density at radius 1 is 0.733 bits per heavy atom. The van der Waals surface area contributed by atoms with Gasteiger partial charge in [-0.3, -0.25) is 0 Å². The van der Waals surface area contributed by atoms with Crippen LogP contribution in [0.2, 0.25) is 0 Å². The SMILES string of the molecule is CCCC[P+](Br)(CCCC)CCCC.[Pd]. The molecule has 0 saturated heterocycles. The van der Waals surface area contributed by atoms with E-state index in [9.17, 15) is 0 Å². The Hall–Kier alpha value is 1.57.